The van der Waals surface area contributed by atoms with E-state index in [9.17, 15) is 4.79 Å². The first kappa shape index (κ1) is 15.5. The Balaban J connectivity index is 1.74. The molecule has 0 radical (unpaired) electrons. The minimum Gasteiger partial charge on any atom is -0.493 e. The lowest BCUT2D eigenvalue weighted by molar-refractivity contribution is 0.0851. The molecule has 0 fully saturated rings. The first-order valence-corrected chi connectivity index (χ1v) is 8.16. The van der Waals surface area contributed by atoms with Gasteiger partial charge >= 0.3 is 0 Å². The van der Waals surface area contributed by atoms with Crippen LogP contribution in [0, 0.1) is 0 Å². The highest BCUT2D eigenvalue weighted by molar-refractivity contribution is 6.19. The minimum absolute atomic E-state index is 0.0235. The molecule has 4 rings (SSSR count). The van der Waals surface area contributed by atoms with Gasteiger partial charge in [-0.2, -0.15) is 0 Å². The number of anilines is 1. The molecule has 0 bridgehead atoms. The predicted molar refractivity (Wildman–Crippen MR) is 95.5 cm³/mol. The van der Waals surface area contributed by atoms with Gasteiger partial charge in [0.05, 0.1) is 38.6 Å². The Morgan fingerprint density at radius 1 is 1.08 bits per heavy atom. The molecule has 2 aromatic rings. The summed E-state index contributed by atoms with van der Waals surface area (Å²) < 4.78 is 10.7. The average Bonchev–Trinajstić information content (AvgIpc) is 3.15. The molecule has 0 saturated heterocycles. The molecule has 0 atom stereocenters. The van der Waals surface area contributed by atoms with Gasteiger partial charge in [0, 0.05) is 6.54 Å². The van der Waals surface area contributed by atoms with Gasteiger partial charge in [0.1, 0.15) is 0 Å². The van der Waals surface area contributed by atoms with Crippen molar-refractivity contribution in [3.63, 3.8) is 0 Å². The smallest absolute Gasteiger partial charge is 0.262 e. The van der Waals surface area contributed by atoms with E-state index in [1.54, 1.807) is 19.1 Å². The minimum atomic E-state index is 0.0235. The lowest BCUT2D eigenvalue weighted by atomic mass is 10.1. The fraction of sp³-hybridized carbons (Fsp3) is 0.263. The van der Waals surface area contributed by atoms with Crippen LogP contribution < -0.4 is 14.4 Å². The van der Waals surface area contributed by atoms with Gasteiger partial charge in [-0.1, -0.05) is 18.2 Å². The summed E-state index contributed by atoms with van der Waals surface area (Å²) in [5.41, 5.74) is 2.65. The molecule has 128 valence electrons. The monoisotopic (exact) mass is 337 g/mol. The molecule has 0 aromatic heterocycles. The second-order valence-corrected chi connectivity index (χ2v) is 5.93. The van der Waals surface area contributed by atoms with Crippen LogP contribution in [0.2, 0.25) is 0 Å². The van der Waals surface area contributed by atoms with Crippen molar-refractivity contribution >= 4 is 17.6 Å². The van der Waals surface area contributed by atoms with Gasteiger partial charge in [0.15, 0.2) is 11.5 Å². The third kappa shape index (κ3) is 2.50. The maximum absolute atomic E-state index is 12.7. The third-order valence-electron chi connectivity index (χ3n) is 4.52. The highest BCUT2D eigenvalue weighted by Crippen LogP contribution is 2.33. The second-order valence-electron chi connectivity index (χ2n) is 5.93. The van der Waals surface area contributed by atoms with Crippen LogP contribution in [0.4, 0.5) is 5.69 Å². The standard InChI is InChI=1S/C19H19N3O3/c1-24-16-8-7-13(11-17(16)25-2)12-22-15-6-4-3-5-14(15)18(23)21-10-9-20-19(21)22/h3-8,11H,9-10,12H2,1-2H3. The van der Waals surface area contributed by atoms with Crippen LogP contribution in [0.1, 0.15) is 15.9 Å². The number of para-hydroxylation sites is 1. The number of ether oxygens (including phenoxy) is 2. The number of nitrogens with zero attached hydrogens (tertiary/aromatic N) is 3. The number of hydrogen-bond donors (Lipinski definition) is 0. The number of hydrogen-bond acceptors (Lipinski definition) is 5. The van der Waals surface area contributed by atoms with Crippen LogP contribution in [0.3, 0.4) is 0 Å². The number of aliphatic imine (C=N–C) groups is 1. The molecule has 6 heteroatoms. The Morgan fingerprint density at radius 3 is 2.68 bits per heavy atom. The van der Waals surface area contributed by atoms with E-state index in [-0.39, 0.29) is 5.91 Å². The summed E-state index contributed by atoms with van der Waals surface area (Å²) in [6, 6.07) is 13.5. The van der Waals surface area contributed by atoms with Gasteiger partial charge in [-0.25, -0.2) is 0 Å². The molecule has 6 nitrogen and oxygen atoms in total. The Kier molecular flexibility index (Phi) is 3.80. The molecule has 2 aliphatic rings. The lowest BCUT2D eigenvalue weighted by Gasteiger charge is -2.36. The Morgan fingerprint density at radius 2 is 1.88 bits per heavy atom. The van der Waals surface area contributed by atoms with Gasteiger partial charge in [-0.15, -0.1) is 0 Å². The second kappa shape index (κ2) is 6.12. The summed E-state index contributed by atoms with van der Waals surface area (Å²) in [4.78, 5) is 21.1. The van der Waals surface area contributed by atoms with E-state index in [1.807, 2.05) is 42.5 Å². The number of carbonyl (C=O) groups excluding carboxylic acids is 1. The number of carbonyl (C=O) groups is 1. The fourth-order valence-corrected chi connectivity index (χ4v) is 3.32. The molecule has 2 aliphatic heterocycles. The van der Waals surface area contributed by atoms with Gasteiger partial charge in [0.25, 0.3) is 5.91 Å². The molecule has 0 aliphatic carbocycles. The maximum atomic E-state index is 12.7. The maximum Gasteiger partial charge on any atom is 0.262 e. The van der Waals surface area contributed by atoms with Gasteiger partial charge in [-0.05, 0) is 29.8 Å². The molecule has 0 unspecified atom stereocenters. The summed E-state index contributed by atoms with van der Waals surface area (Å²) in [7, 11) is 3.24. The normalized spacial score (nSPS) is 15.6. The zero-order valence-electron chi connectivity index (χ0n) is 14.2. The number of fused-ring (bicyclic) bond motifs is 2. The van der Waals surface area contributed by atoms with Crippen molar-refractivity contribution < 1.29 is 14.3 Å². The van der Waals surface area contributed by atoms with E-state index >= 15 is 0 Å². The summed E-state index contributed by atoms with van der Waals surface area (Å²) in [6.07, 6.45) is 0. The number of guanidine groups is 1. The number of rotatable bonds is 4. The van der Waals surface area contributed by atoms with E-state index in [1.165, 1.54) is 0 Å². The van der Waals surface area contributed by atoms with Gasteiger partial charge in [-0.3, -0.25) is 14.7 Å². The van der Waals surface area contributed by atoms with Crippen molar-refractivity contribution in [2.75, 3.05) is 32.2 Å². The van der Waals surface area contributed by atoms with Crippen molar-refractivity contribution in [1.82, 2.24) is 4.90 Å². The Hall–Kier alpha value is -3.02. The Labute approximate surface area is 146 Å². The largest absolute Gasteiger partial charge is 0.493 e. The van der Waals surface area contributed by atoms with Crippen molar-refractivity contribution in [2.24, 2.45) is 4.99 Å². The molecular weight excluding hydrogens is 318 g/mol. The topological polar surface area (TPSA) is 54.4 Å². The highest BCUT2D eigenvalue weighted by Gasteiger charge is 2.36. The molecule has 2 aromatic carbocycles. The van der Waals surface area contributed by atoms with E-state index in [0.29, 0.717) is 36.7 Å². The van der Waals surface area contributed by atoms with Crippen LogP contribution in [0.25, 0.3) is 0 Å². The van der Waals surface area contributed by atoms with E-state index < -0.39 is 0 Å². The summed E-state index contributed by atoms with van der Waals surface area (Å²) in [5.74, 6) is 2.13. The molecule has 0 saturated carbocycles. The SMILES string of the molecule is COc1ccc(CN2C3=NCCN3C(=O)c3ccccc32)cc1OC. The van der Waals surface area contributed by atoms with Crippen molar-refractivity contribution in [1.29, 1.82) is 0 Å². The zero-order chi connectivity index (χ0) is 17.4. The first-order valence-electron chi connectivity index (χ1n) is 8.16. The summed E-state index contributed by atoms with van der Waals surface area (Å²) in [5, 5.41) is 0. The average molecular weight is 337 g/mol. The molecule has 0 N–H and O–H groups in total. The van der Waals surface area contributed by atoms with Gasteiger partial charge < -0.3 is 14.4 Å². The van der Waals surface area contributed by atoms with Crippen LogP contribution in [-0.4, -0.2) is 44.1 Å². The van der Waals surface area contributed by atoms with Gasteiger partial charge in [0.2, 0.25) is 5.96 Å². The summed E-state index contributed by atoms with van der Waals surface area (Å²) >= 11 is 0. The van der Waals surface area contributed by atoms with E-state index in [0.717, 1.165) is 17.2 Å². The zero-order valence-corrected chi connectivity index (χ0v) is 14.2. The number of amides is 1. The van der Waals surface area contributed by atoms with Crippen LogP contribution in [0.5, 0.6) is 11.5 Å². The lowest BCUT2D eigenvalue weighted by Crippen LogP contribution is -2.49. The molecule has 2 heterocycles. The Bertz CT molecular complexity index is 863. The van der Waals surface area contributed by atoms with Crippen molar-refractivity contribution in [3.8, 4) is 11.5 Å². The molecule has 0 spiro atoms. The molecule has 25 heavy (non-hydrogen) atoms. The third-order valence-corrected chi connectivity index (χ3v) is 4.52. The van der Waals surface area contributed by atoms with E-state index in [4.69, 9.17) is 9.47 Å². The van der Waals surface area contributed by atoms with E-state index in [2.05, 4.69) is 9.89 Å². The van der Waals surface area contributed by atoms with Crippen LogP contribution in [0.15, 0.2) is 47.5 Å². The quantitative estimate of drug-likeness (QED) is 0.860. The predicted octanol–water partition coefficient (Wildman–Crippen LogP) is 2.54. The van der Waals surface area contributed by atoms with Crippen LogP contribution >= 0.6 is 0 Å². The molecular formula is C19H19N3O3. The summed E-state index contributed by atoms with van der Waals surface area (Å²) in [6.45, 7) is 1.86. The van der Waals surface area contributed by atoms with Crippen molar-refractivity contribution in [2.45, 2.75) is 6.54 Å². The fourth-order valence-electron chi connectivity index (χ4n) is 3.32. The van der Waals surface area contributed by atoms with Crippen LogP contribution in [-0.2, 0) is 6.54 Å². The highest BCUT2D eigenvalue weighted by atomic mass is 16.5. The number of benzene rings is 2. The molecule has 1 amide bonds. The first-order chi connectivity index (χ1) is 12.2. The van der Waals surface area contributed by atoms with Crippen molar-refractivity contribution in [3.05, 3.63) is 53.6 Å². The number of methoxy groups -OCH3 is 2.